The Kier molecular flexibility index (Phi) is 2.06. The van der Waals surface area contributed by atoms with Gasteiger partial charge in [0.2, 0.25) is 0 Å². The fourth-order valence-corrected chi connectivity index (χ4v) is 1.55. The Morgan fingerprint density at radius 3 is 3.08 bits per heavy atom. The van der Waals surface area contributed by atoms with Gasteiger partial charge in [-0.3, -0.25) is 4.98 Å². The average molecular weight is 164 g/mol. The lowest BCUT2D eigenvalue weighted by atomic mass is 10.1. The second-order valence-corrected chi connectivity index (χ2v) is 3.14. The predicted molar refractivity (Wildman–Crippen MR) is 45.6 cm³/mol. The van der Waals surface area contributed by atoms with Crippen LogP contribution in [0.5, 0.6) is 0 Å². The van der Waals surface area contributed by atoms with E-state index in [1.165, 1.54) is 0 Å². The Morgan fingerprint density at radius 2 is 2.50 bits per heavy atom. The van der Waals surface area contributed by atoms with E-state index in [0.717, 1.165) is 12.0 Å². The lowest BCUT2D eigenvalue weighted by Gasteiger charge is -2.08. The molecule has 0 amide bonds. The number of aliphatic hydroxyl groups is 1. The first kappa shape index (κ1) is 7.71. The quantitative estimate of drug-likeness (QED) is 0.634. The predicted octanol–water partition coefficient (Wildman–Crippen LogP) is 0.477. The normalized spacial score (nSPS) is 29.1. The summed E-state index contributed by atoms with van der Waals surface area (Å²) in [5.41, 5.74) is 1.16. The van der Waals surface area contributed by atoms with Crippen molar-refractivity contribution in [2.24, 2.45) is 0 Å². The SMILES string of the molecule is OC1CNC(c2cccnc2)C1. The summed E-state index contributed by atoms with van der Waals surface area (Å²) in [6.07, 6.45) is 4.20. The first-order chi connectivity index (χ1) is 5.86. The molecule has 1 aliphatic heterocycles. The van der Waals surface area contributed by atoms with E-state index in [-0.39, 0.29) is 12.1 Å². The molecule has 3 nitrogen and oxygen atoms in total. The molecule has 0 aromatic carbocycles. The summed E-state index contributed by atoms with van der Waals surface area (Å²) in [5.74, 6) is 0. The number of nitrogens with one attached hydrogen (secondary N) is 1. The molecular weight excluding hydrogens is 152 g/mol. The van der Waals surface area contributed by atoms with E-state index in [2.05, 4.69) is 10.3 Å². The molecule has 2 N–H and O–H groups in total. The Hall–Kier alpha value is -0.930. The lowest BCUT2D eigenvalue weighted by molar-refractivity contribution is 0.193. The number of β-amino-alcohol motifs (C(OH)–C–C–N with tert-alkyl or cyclic N) is 1. The van der Waals surface area contributed by atoms with Gasteiger partial charge in [-0.15, -0.1) is 0 Å². The number of rotatable bonds is 1. The van der Waals surface area contributed by atoms with Gasteiger partial charge in [-0.2, -0.15) is 0 Å². The Bertz CT molecular complexity index is 250. The number of aliphatic hydroxyl groups excluding tert-OH is 1. The van der Waals surface area contributed by atoms with E-state index in [9.17, 15) is 5.11 Å². The second kappa shape index (κ2) is 3.21. The summed E-state index contributed by atoms with van der Waals surface area (Å²) >= 11 is 0. The number of nitrogens with zero attached hydrogens (tertiary/aromatic N) is 1. The number of pyridine rings is 1. The van der Waals surface area contributed by atoms with Gasteiger partial charge >= 0.3 is 0 Å². The zero-order valence-electron chi connectivity index (χ0n) is 6.77. The molecule has 2 atom stereocenters. The van der Waals surface area contributed by atoms with Crippen molar-refractivity contribution in [1.82, 2.24) is 10.3 Å². The minimum atomic E-state index is -0.199. The highest BCUT2D eigenvalue weighted by atomic mass is 16.3. The largest absolute Gasteiger partial charge is 0.392 e. The summed E-state index contributed by atoms with van der Waals surface area (Å²) in [5, 5.41) is 12.5. The van der Waals surface area contributed by atoms with Crippen LogP contribution < -0.4 is 5.32 Å². The molecule has 64 valence electrons. The third-order valence-electron chi connectivity index (χ3n) is 2.19. The summed E-state index contributed by atoms with van der Waals surface area (Å²) < 4.78 is 0. The van der Waals surface area contributed by atoms with E-state index >= 15 is 0 Å². The van der Waals surface area contributed by atoms with Crippen molar-refractivity contribution in [2.45, 2.75) is 18.6 Å². The smallest absolute Gasteiger partial charge is 0.0682 e. The molecule has 2 unspecified atom stereocenters. The standard InChI is InChI=1S/C9H12N2O/c12-8-4-9(11-6-8)7-2-1-3-10-5-7/h1-3,5,8-9,11-12H,4,6H2. The maximum absolute atomic E-state index is 9.28. The maximum Gasteiger partial charge on any atom is 0.0682 e. The van der Waals surface area contributed by atoms with Gasteiger partial charge in [0.25, 0.3) is 0 Å². The minimum absolute atomic E-state index is 0.199. The molecule has 0 aliphatic carbocycles. The van der Waals surface area contributed by atoms with Crippen LogP contribution in [0.15, 0.2) is 24.5 Å². The van der Waals surface area contributed by atoms with Crippen molar-refractivity contribution >= 4 is 0 Å². The van der Waals surface area contributed by atoms with Crippen LogP contribution in [0.4, 0.5) is 0 Å². The molecule has 1 aromatic rings. The van der Waals surface area contributed by atoms with Crippen LogP contribution in [0.3, 0.4) is 0 Å². The highest BCUT2D eigenvalue weighted by Gasteiger charge is 2.22. The van der Waals surface area contributed by atoms with E-state index in [1.807, 2.05) is 18.3 Å². The Morgan fingerprint density at radius 1 is 1.58 bits per heavy atom. The molecule has 0 radical (unpaired) electrons. The van der Waals surface area contributed by atoms with Crippen molar-refractivity contribution in [3.63, 3.8) is 0 Å². The van der Waals surface area contributed by atoms with Crippen molar-refractivity contribution in [1.29, 1.82) is 0 Å². The third kappa shape index (κ3) is 1.47. The van der Waals surface area contributed by atoms with Crippen molar-refractivity contribution in [3.8, 4) is 0 Å². The van der Waals surface area contributed by atoms with Crippen molar-refractivity contribution < 1.29 is 5.11 Å². The van der Waals surface area contributed by atoms with Gasteiger partial charge < -0.3 is 10.4 Å². The summed E-state index contributed by atoms with van der Waals surface area (Å²) in [6, 6.07) is 4.23. The van der Waals surface area contributed by atoms with Gasteiger partial charge in [0.15, 0.2) is 0 Å². The van der Waals surface area contributed by atoms with Gasteiger partial charge in [-0.05, 0) is 18.1 Å². The zero-order chi connectivity index (χ0) is 8.39. The fraction of sp³-hybridized carbons (Fsp3) is 0.444. The average Bonchev–Trinajstić information content (AvgIpc) is 2.54. The summed E-state index contributed by atoms with van der Waals surface area (Å²) in [6.45, 7) is 0.694. The van der Waals surface area contributed by atoms with Gasteiger partial charge in [0, 0.05) is 25.0 Å². The van der Waals surface area contributed by atoms with E-state index in [1.54, 1.807) is 6.20 Å². The molecule has 12 heavy (non-hydrogen) atoms. The number of aromatic nitrogens is 1. The number of hydrogen-bond donors (Lipinski definition) is 2. The minimum Gasteiger partial charge on any atom is -0.392 e. The number of hydrogen-bond acceptors (Lipinski definition) is 3. The second-order valence-electron chi connectivity index (χ2n) is 3.14. The highest BCUT2D eigenvalue weighted by molar-refractivity contribution is 5.15. The monoisotopic (exact) mass is 164 g/mol. The van der Waals surface area contributed by atoms with Crippen LogP contribution in [0.25, 0.3) is 0 Å². The molecule has 0 bridgehead atoms. The third-order valence-corrected chi connectivity index (χ3v) is 2.19. The molecule has 1 fully saturated rings. The van der Waals surface area contributed by atoms with Crippen LogP contribution in [0.2, 0.25) is 0 Å². The molecule has 0 saturated carbocycles. The van der Waals surface area contributed by atoms with E-state index in [4.69, 9.17) is 0 Å². The maximum atomic E-state index is 9.28. The Labute approximate surface area is 71.4 Å². The molecule has 2 heterocycles. The zero-order valence-corrected chi connectivity index (χ0v) is 6.77. The Balaban J connectivity index is 2.11. The van der Waals surface area contributed by atoms with Gasteiger partial charge in [-0.25, -0.2) is 0 Å². The molecular formula is C9H12N2O. The summed E-state index contributed by atoms with van der Waals surface area (Å²) in [4.78, 5) is 4.03. The first-order valence-electron chi connectivity index (χ1n) is 4.17. The highest BCUT2D eigenvalue weighted by Crippen LogP contribution is 2.21. The van der Waals surface area contributed by atoms with Crippen molar-refractivity contribution in [2.75, 3.05) is 6.54 Å². The van der Waals surface area contributed by atoms with Gasteiger partial charge in [0.1, 0.15) is 0 Å². The van der Waals surface area contributed by atoms with Crippen molar-refractivity contribution in [3.05, 3.63) is 30.1 Å². The topological polar surface area (TPSA) is 45.1 Å². The fourth-order valence-electron chi connectivity index (χ4n) is 1.55. The lowest BCUT2D eigenvalue weighted by Crippen LogP contribution is -2.14. The van der Waals surface area contributed by atoms with Crippen LogP contribution in [-0.2, 0) is 0 Å². The molecule has 0 spiro atoms. The van der Waals surface area contributed by atoms with Gasteiger partial charge in [-0.1, -0.05) is 6.07 Å². The molecule has 1 aromatic heterocycles. The van der Waals surface area contributed by atoms with Crippen LogP contribution in [0.1, 0.15) is 18.0 Å². The first-order valence-corrected chi connectivity index (χ1v) is 4.17. The van der Waals surface area contributed by atoms with Gasteiger partial charge in [0.05, 0.1) is 6.10 Å². The van der Waals surface area contributed by atoms with Crippen LogP contribution in [-0.4, -0.2) is 22.7 Å². The molecule has 3 heteroatoms. The molecule has 1 saturated heterocycles. The van der Waals surface area contributed by atoms with Crippen LogP contribution in [0, 0.1) is 0 Å². The molecule has 2 rings (SSSR count). The summed E-state index contributed by atoms with van der Waals surface area (Å²) in [7, 11) is 0. The van der Waals surface area contributed by atoms with E-state index in [0.29, 0.717) is 6.54 Å². The van der Waals surface area contributed by atoms with Crippen LogP contribution >= 0.6 is 0 Å². The van der Waals surface area contributed by atoms with E-state index < -0.39 is 0 Å². The molecule has 1 aliphatic rings.